The molecule has 0 heterocycles. The molecule has 26 heavy (non-hydrogen) atoms. The highest BCUT2D eigenvalue weighted by Gasteiger charge is 2.24. The average Bonchev–Trinajstić information content (AvgIpc) is 2.55. The summed E-state index contributed by atoms with van der Waals surface area (Å²) in [5, 5.41) is 5.50. The van der Waals surface area contributed by atoms with E-state index in [2.05, 4.69) is 26.6 Å². The summed E-state index contributed by atoms with van der Waals surface area (Å²) in [5.74, 6) is -0.304. The van der Waals surface area contributed by atoms with Gasteiger partial charge in [0.2, 0.25) is 5.91 Å². The first-order valence-electron chi connectivity index (χ1n) is 8.33. The Hall–Kier alpha value is -2.34. The van der Waals surface area contributed by atoms with E-state index in [0.717, 1.165) is 10.0 Å². The first-order chi connectivity index (χ1) is 12.2. The normalized spacial score (nSPS) is 12.2. The summed E-state index contributed by atoms with van der Waals surface area (Å²) in [5.41, 5.74) is 0.964. The largest absolute Gasteiger partial charge is 0.444 e. The van der Waals surface area contributed by atoms with Crippen molar-refractivity contribution >= 4 is 33.6 Å². The lowest BCUT2D eigenvalue weighted by molar-refractivity contribution is -0.118. The third kappa shape index (κ3) is 6.88. The second-order valence-electron chi connectivity index (χ2n) is 6.88. The molecule has 0 aromatic heterocycles. The van der Waals surface area contributed by atoms with Crippen LogP contribution in [0.1, 0.15) is 26.3 Å². The molecule has 2 rings (SSSR count). The number of halogens is 1. The van der Waals surface area contributed by atoms with Crippen LogP contribution in [0.3, 0.4) is 0 Å². The Kier molecular flexibility index (Phi) is 6.80. The number of ether oxygens (including phenoxy) is 1. The zero-order chi connectivity index (χ0) is 19.2. The molecule has 2 aromatic rings. The first kappa shape index (κ1) is 20.0. The predicted octanol–water partition coefficient (Wildman–Crippen LogP) is 4.52. The van der Waals surface area contributed by atoms with Gasteiger partial charge < -0.3 is 15.4 Å². The number of hydrogen-bond donors (Lipinski definition) is 2. The summed E-state index contributed by atoms with van der Waals surface area (Å²) in [6.45, 7) is 5.34. The maximum Gasteiger partial charge on any atom is 0.408 e. The minimum atomic E-state index is -0.754. The standard InChI is InChI=1S/C20H23BrN2O3/c1-20(2,3)26-19(25)23-17(13-14-7-5-4-6-8-14)18(24)22-16-11-9-15(21)10-12-16/h4-12,17H,13H2,1-3H3,(H,22,24)(H,23,25). The summed E-state index contributed by atoms with van der Waals surface area (Å²) in [6, 6.07) is 16.0. The van der Waals surface area contributed by atoms with Gasteiger partial charge in [-0.1, -0.05) is 46.3 Å². The summed E-state index contributed by atoms with van der Waals surface area (Å²) in [4.78, 5) is 24.9. The second kappa shape index (κ2) is 8.85. The van der Waals surface area contributed by atoms with Crippen LogP contribution in [-0.4, -0.2) is 23.6 Å². The number of amides is 2. The lowest BCUT2D eigenvalue weighted by Crippen LogP contribution is -2.47. The highest BCUT2D eigenvalue weighted by atomic mass is 79.9. The van der Waals surface area contributed by atoms with E-state index in [4.69, 9.17) is 4.74 Å². The van der Waals surface area contributed by atoms with Crippen LogP contribution in [-0.2, 0) is 16.0 Å². The zero-order valence-electron chi connectivity index (χ0n) is 15.1. The lowest BCUT2D eigenvalue weighted by Gasteiger charge is -2.23. The molecular weight excluding hydrogens is 396 g/mol. The number of nitrogens with one attached hydrogen (secondary N) is 2. The van der Waals surface area contributed by atoms with Gasteiger partial charge in [-0.15, -0.1) is 0 Å². The molecule has 0 aliphatic heterocycles. The van der Waals surface area contributed by atoms with Gasteiger partial charge in [0.05, 0.1) is 0 Å². The first-order valence-corrected chi connectivity index (χ1v) is 9.12. The van der Waals surface area contributed by atoms with Gasteiger partial charge in [-0.05, 0) is 50.6 Å². The van der Waals surface area contributed by atoms with E-state index in [0.29, 0.717) is 12.1 Å². The molecule has 2 N–H and O–H groups in total. The van der Waals surface area contributed by atoms with Crippen molar-refractivity contribution in [2.24, 2.45) is 0 Å². The van der Waals surface area contributed by atoms with Crippen LogP contribution in [0.4, 0.5) is 10.5 Å². The van der Waals surface area contributed by atoms with Crippen LogP contribution >= 0.6 is 15.9 Å². The highest BCUT2D eigenvalue weighted by molar-refractivity contribution is 9.10. The van der Waals surface area contributed by atoms with Crippen molar-refractivity contribution in [3.8, 4) is 0 Å². The van der Waals surface area contributed by atoms with Gasteiger partial charge in [0.1, 0.15) is 11.6 Å². The highest BCUT2D eigenvalue weighted by Crippen LogP contribution is 2.15. The molecule has 0 aliphatic rings. The summed E-state index contributed by atoms with van der Waals surface area (Å²) >= 11 is 3.36. The quantitative estimate of drug-likeness (QED) is 0.749. The van der Waals surface area contributed by atoms with Crippen LogP contribution in [0.15, 0.2) is 59.1 Å². The number of carbonyl (C=O) groups excluding carboxylic acids is 2. The van der Waals surface area contributed by atoms with Gasteiger partial charge in [-0.3, -0.25) is 4.79 Å². The minimum Gasteiger partial charge on any atom is -0.444 e. The van der Waals surface area contributed by atoms with Crippen molar-refractivity contribution < 1.29 is 14.3 Å². The number of benzene rings is 2. The molecule has 0 saturated carbocycles. The Balaban J connectivity index is 2.11. The molecule has 6 heteroatoms. The monoisotopic (exact) mass is 418 g/mol. The minimum absolute atomic E-state index is 0.304. The zero-order valence-corrected chi connectivity index (χ0v) is 16.7. The predicted molar refractivity (Wildman–Crippen MR) is 106 cm³/mol. The smallest absolute Gasteiger partial charge is 0.408 e. The van der Waals surface area contributed by atoms with E-state index in [1.54, 1.807) is 32.9 Å². The summed E-state index contributed by atoms with van der Waals surface area (Å²) in [7, 11) is 0. The van der Waals surface area contributed by atoms with Gasteiger partial charge in [0.25, 0.3) is 0 Å². The van der Waals surface area contributed by atoms with Gasteiger partial charge in [-0.25, -0.2) is 4.79 Å². The van der Waals surface area contributed by atoms with Gasteiger partial charge in [0.15, 0.2) is 0 Å². The van der Waals surface area contributed by atoms with Gasteiger partial charge in [0, 0.05) is 16.6 Å². The Morgan fingerprint density at radius 3 is 2.23 bits per heavy atom. The maximum absolute atomic E-state index is 12.7. The Morgan fingerprint density at radius 1 is 1.04 bits per heavy atom. The number of rotatable bonds is 5. The van der Waals surface area contributed by atoms with Crippen LogP contribution in [0.25, 0.3) is 0 Å². The SMILES string of the molecule is CC(C)(C)OC(=O)NC(Cc1ccccc1)C(=O)Nc1ccc(Br)cc1. The molecule has 2 aromatic carbocycles. The molecule has 1 unspecified atom stereocenters. The van der Waals surface area contributed by atoms with Crippen LogP contribution in [0, 0.1) is 0 Å². The number of carbonyl (C=O) groups is 2. The molecule has 1 atom stereocenters. The topological polar surface area (TPSA) is 67.4 Å². The maximum atomic E-state index is 12.7. The number of anilines is 1. The molecule has 5 nitrogen and oxygen atoms in total. The molecule has 0 radical (unpaired) electrons. The van der Waals surface area contributed by atoms with Crippen molar-refractivity contribution in [1.29, 1.82) is 0 Å². The van der Waals surface area contributed by atoms with Crippen molar-refractivity contribution in [3.63, 3.8) is 0 Å². The second-order valence-corrected chi connectivity index (χ2v) is 7.80. The van der Waals surface area contributed by atoms with Crippen LogP contribution < -0.4 is 10.6 Å². The summed E-state index contributed by atoms with van der Waals surface area (Å²) in [6.07, 6.45) is -0.257. The van der Waals surface area contributed by atoms with Crippen molar-refractivity contribution in [2.45, 2.75) is 38.8 Å². The third-order valence-corrected chi connectivity index (χ3v) is 3.93. The Bertz CT molecular complexity index is 740. The number of hydrogen-bond acceptors (Lipinski definition) is 3. The average molecular weight is 419 g/mol. The molecule has 0 saturated heterocycles. The molecule has 0 fully saturated rings. The Morgan fingerprint density at radius 2 is 1.65 bits per heavy atom. The molecular formula is C20H23BrN2O3. The van der Waals surface area contributed by atoms with E-state index >= 15 is 0 Å². The van der Waals surface area contributed by atoms with E-state index < -0.39 is 17.7 Å². The van der Waals surface area contributed by atoms with Gasteiger partial charge in [-0.2, -0.15) is 0 Å². The van der Waals surface area contributed by atoms with E-state index in [9.17, 15) is 9.59 Å². The molecule has 0 spiro atoms. The number of alkyl carbamates (subject to hydrolysis) is 1. The van der Waals surface area contributed by atoms with E-state index in [1.807, 2.05) is 42.5 Å². The fourth-order valence-corrected chi connectivity index (χ4v) is 2.54. The lowest BCUT2D eigenvalue weighted by atomic mass is 10.1. The molecule has 0 aliphatic carbocycles. The Labute approximate surface area is 162 Å². The van der Waals surface area contributed by atoms with Crippen LogP contribution in [0.2, 0.25) is 0 Å². The van der Waals surface area contributed by atoms with Crippen molar-refractivity contribution in [1.82, 2.24) is 5.32 Å². The van der Waals surface area contributed by atoms with E-state index in [-0.39, 0.29) is 5.91 Å². The van der Waals surface area contributed by atoms with Crippen molar-refractivity contribution in [3.05, 3.63) is 64.6 Å². The molecule has 2 amide bonds. The molecule has 0 bridgehead atoms. The fraction of sp³-hybridized carbons (Fsp3) is 0.300. The van der Waals surface area contributed by atoms with Gasteiger partial charge >= 0.3 is 6.09 Å². The van der Waals surface area contributed by atoms with Crippen molar-refractivity contribution in [2.75, 3.05) is 5.32 Å². The van der Waals surface area contributed by atoms with E-state index in [1.165, 1.54) is 0 Å². The fourth-order valence-electron chi connectivity index (χ4n) is 2.27. The third-order valence-electron chi connectivity index (χ3n) is 3.40. The molecule has 138 valence electrons. The summed E-state index contributed by atoms with van der Waals surface area (Å²) < 4.78 is 6.21. The van der Waals surface area contributed by atoms with Crippen LogP contribution in [0.5, 0.6) is 0 Å².